The number of hydrogen-bond acceptors (Lipinski definition) is 4. The summed E-state index contributed by atoms with van der Waals surface area (Å²) < 4.78 is 13.2. The quantitative estimate of drug-likeness (QED) is 0.726. The fraction of sp³-hybridized carbons (Fsp3) is 0.333. The maximum atomic E-state index is 13.2. The molecule has 0 bridgehead atoms. The van der Waals surface area contributed by atoms with Crippen molar-refractivity contribution < 1.29 is 9.18 Å². The van der Waals surface area contributed by atoms with Gasteiger partial charge in [0.15, 0.2) is 0 Å². The van der Waals surface area contributed by atoms with Gasteiger partial charge in [-0.3, -0.25) is 4.79 Å². The van der Waals surface area contributed by atoms with Crippen molar-refractivity contribution in [3.8, 4) is 10.6 Å². The third-order valence-electron chi connectivity index (χ3n) is 2.89. The molecule has 128 valence electrons. The van der Waals surface area contributed by atoms with Crippen LogP contribution in [0.1, 0.15) is 12.1 Å². The van der Waals surface area contributed by atoms with Crippen molar-refractivity contribution in [1.82, 2.24) is 15.6 Å². The molecule has 0 radical (unpaired) electrons. The van der Waals surface area contributed by atoms with Gasteiger partial charge in [0.05, 0.1) is 12.1 Å². The summed E-state index contributed by atoms with van der Waals surface area (Å²) in [5, 5.41) is 8.44. The van der Waals surface area contributed by atoms with Crippen LogP contribution in [0.3, 0.4) is 0 Å². The van der Waals surface area contributed by atoms with Crippen molar-refractivity contribution in [2.24, 2.45) is 0 Å². The Hall–Kier alpha value is -1.21. The van der Waals surface area contributed by atoms with Gasteiger partial charge in [-0.2, -0.15) is 0 Å². The lowest BCUT2D eigenvalue weighted by Gasteiger charge is -2.03. The summed E-state index contributed by atoms with van der Waals surface area (Å²) in [6.45, 7) is 1.53. The molecule has 0 fully saturated rings. The minimum absolute atomic E-state index is 0. The minimum Gasteiger partial charge on any atom is -0.356 e. The molecule has 0 aliphatic rings. The molecule has 1 aromatic heterocycles. The average Bonchev–Trinajstić information content (AvgIpc) is 2.92. The molecule has 0 aliphatic heterocycles. The Morgan fingerprint density at radius 3 is 2.78 bits per heavy atom. The highest BCUT2D eigenvalue weighted by atomic mass is 35.5. The van der Waals surface area contributed by atoms with Gasteiger partial charge >= 0.3 is 0 Å². The van der Waals surface area contributed by atoms with Crippen LogP contribution in [-0.2, 0) is 11.2 Å². The molecule has 0 atom stereocenters. The van der Waals surface area contributed by atoms with E-state index in [1.165, 1.54) is 23.5 Å². The summed E-state index contributed by atoms with van der Waals surface area (Å²) in [5.41, 5.74) is 1.45. The van der Waals surface area contributed by atoms with Crippen LogP contribution in [0.15, 0.2) is 29.6 Å². The minimum atomic E-state index is -0.286. The van der Waals surface area contributed by atoms with Crippen molar-refractivity contribution in [3.05, 3.63) is 41.2 Å². The van der Waals surface area contributed by atoms with Crippen LogP contribution in [0.2, 0.25) is 0 Å². The average molecular weight is 380 g/mol. The molecule has 0 spiro atoms. The number of nitrogens with one attached hydrogen (secondary N) is 2. The molecule has 2 N–H and O–H groups in total. The number of carbonyl (C=O) groups excluding carboxylic acids is 1. The van der Waals surface area contributed by atoms with Crippen LogP contribution < -0.4 is 10.6 Å². The lowest BCUT2D eigenvalue weighted by Crippen LogP contribution is -2.28. The number of rotatable bonds is 7. The molecule has 23 heavy (non-hydrogen) atoms. The zero-order valence-electron chi connectivity index (χ0n) is 12.7. The Kier molecular flexibility index (Phi) is 10.7. The molecule has 1 aromatic carbocycles. The molecule has 1 amide bonds. The second-order valence-corrected chi connectivity index (χ2v) is 5.50. The summed E-state index contributed by atoms with van der Waals surface area (Å²) in [6.07, 6.45) is 1.15. The maximum absolute atomic E-state index is 13.2. The molecule has 2 rings (SSSR count). The second kappa shape index (κ2) is 11.3. The van der Waals surface area contributed by atoms with Gasteiger partial charge < -0.3 is 10.6 Å². The molecule has 0 aliphatic carbocycles. The third kappa shape index (κ3) is 7.26. The third-order valence-corrected chi connectivity index (χ3v) is 3.83. The summed E-state index contributed by atoms with van der Waals surface area (Å²) in [5.74, 6) is -0.325. The molecular weight excluding hydrogens is 360 g/mol. The van der Waals surface area contributed by atoms with Gasteiger partial charge in [-0.1, -0.05) is 12.1 Å². The van der Waals surface area contributed by atoms with Crippen LogP contribution in [0.4, 0.5) is 4.39 Å². The van der Waals surface area contributed by atoms with Gasteiger partial charge in [-0.15, -0.1) is 36.2 Å². The van der Waals surface area contributed by atoms with Crippen molar-refractivity contribution in [1.29, 1.82) is 0 Å². The van der Waals surface area contributed by atoms with Gasteiger partial charge in [0.25, 0.3) is 0 Å². The predicted molar refractivity (Wildman–Crippen MR) is 97.3 cm³/mol. The van der Waals surface area contributed by atoms with Crippen LogP contribution >= 0.6 is 36.2 Å². The number of thiazole rings is 1. The maximum Gasteiger partial charge on any atom is 0.226 e. The first-order chi connectivity index (χ1) is 10.2. The number of aromatic nitrogens is 1. The van der Waals surface area contributed by atoms with E-state index in [1.807, 2.05) is 18.5 Å². The van der Waals surface area contributed by atoms with Gasteiger partial charge in [-0.05, 0) is 32.1 Å². The van der Waals surface area contributed by atoms with E-state index in [0.29, 0.717) is 12.2 Å². The number of halogens is 3. The Morgan fingerprint density at radius 1 is 1.30 bits per heavy atom. The fourth-order valence-corrected chi connectivity index (χ4v) is 2.68. The van der Waals surface area contributed by atoms with Gasteiger partial charge in [0.2, 0.25) is 5.91 Å². The summed E-state index contributed by atoms with van der Waals surface area (Å²) in [6, 6.07) is 6.31. The Bertz CT molecular complexity index is 610. The largest absolute Gasteiger partial charge is 0.356 e. The first-order valence-corrected chi connectivity index (χ1v) is 7.68. The van der Waals surface area contributed by atoms with E-state index in [2.05, 4.69) is 15.6 Å². The monoisotopic (exact) mass is 379 g/mol. The molecule has 0 saturated heterocycles. The van der Waals surface area contributed by atoms with Gasteiger partial charge in [-0.25, -0.2) is 9.37 Å². The number of nitrogens with zero attached hydrogens (tertiary/aromatic N) is 1. The van der Waals surface area contributed by atoms with Crippen LogP contribution in [0, 0.1) is 5.82 Å². The number of benzene rings is 1. The summed E-state index contributed by atoms with van der Waals surface area (Å²) >= 11 is 1.42. The molecular formula is C15H20Cl2FN3OS. The Morgan fingerprint density at radius 2 is 2.09 bits per heavy atom. The summed E-state index contributed by atoms with van der Waals surface area (Å²) in [4.78, 5) is 16.1. The molecule has 8 heteroatoms. The van der Waals surface area contributed by atoms with Crippen LogP contribution in [0.25, 0.3) is 10.6 Å². The standard InChI is InChI=1S/C15H18FN3OS.2ClH/c1-17-6-3-7-18-14(20)9-13-10-21-15(19-13)11-4-2-5-12(16)8-11;;/h2,4-5,8,10,17H,3,6-7,9H2,1H3,(H,18,20);2*1H. The molecule has 0 unspecified atom stereocenters. The zero-order valence-corrected chi connectivity index (χ0v) is 15.1. The number of hydrogen-bond donors (Lipinski definition) is 2. The molecule has 0 saturated carbocycles. The van der Waals surface area contributed by atoms with E-state index in [0.717, 1.165) is 23.5 Å². The Balaban J connectivity index is 0.00000242. The molecule has 1 heterocycles. The first-order valence-electron chi connectivity index (χ1n) is 6.80. The van der Waals surface area contributed by atoms with E-state index in [1.54, 1.807) is 6.07 Å². The second-order valence-electron chi connectivity index (χ2n) is 4.64. The van der Waals surface area contributed by atoms with E-state index < -0.39 is 0 Å². The van der Waals surface area contributed by atoms with Crippen molar-refractivity contribution >= 4 is 42.1 Å². The van der Waals surface area contributed by atoms with Gasteiger partial charge in [0.1, 0.15) is 10.8 Å². The lowest BCUT2D eigenvalue weighted by molar-refractivity contribution is -0.120. The highest BCUT2D eigenvalue weighted by molar-refractivity contribution is 7.13. The molecule has 2 aromatic rings. The van der Waals surface area contributed by atoms with Crippen molar-refractivity contribution in [2.75, 3.05) is 20.1 Å². The fourth-order valence-electron chi connectivity index (χ4n) is 1.86. The summed E-state index contributed by atoms with van der Waals surface area (Å²) in [7, 11) is 1.88. The smallest absolute Gasteiger partial charge is 0.226 e. The van der Waals surface area contributed by atoms with E-state index in [-0.39, 0.29) is 43.0 Å². The number of amides is 1. The van der Waals surface area contributed by atoms with Crippen molar-refractivity contribution in [2.45, 2.75) is 12.8 Å². The molecule has 4 nitrogen and oxygen atoms in total. The highest BCUT2D eigenvalue weighted by Gasteiger charge is 2.09. The van der Waals surface area contributed by atoms with Crippen LogP contribution in [-0.4, -0.2) is 31.0 Å². The van der Waals surface area contributed by atoms with E-state index in [9.17, 15) is 9.18 Å². The van der Waals surface area contributed by atoms with Crippen molar-refractivity contribution in [3.63, 3.8) is 0 Å². The first kappa shape index (κ1) is 21.8. The van der Waals surface area contributed by atoms with E-state index in [4.69, 9.17) is 0 Å². The highest BCUT2D eigenvalue weighted by Crippen LogP contribution is 2.24. The normalized spacial score (nSPS) is 9.65. The van der Waals surface area contributed by atoms with E-state index >= 15 is 0 Å². The lowest BCUT2D eigenvalue weighted by atomic mass is 10.2. The SMILES string of the molecule is CNCCCNC(=O)Cc1csc(-c2cccc(F)c2)n1.Cl.Cl. The Labute approximate surface area is 151 Å². The topological polar surface area (TPSA) is 54.0 Å². The number of carbonyl (C=O) groups is 1. The van der Waals surface area contributed by atoms with Crippen LogP contribution in [0.5, 0.6) is 0 Å². The zero-order chi connectivity index (χ0) is 15.1. The predicted octanol–water partition coefficient (Wildman–Crippen LogP) is 3.06. The van der Waals surface area contributed by atoms with Gasteiger partial charge in [0, 0.05) is 17.5 Å².